The van der Waals surface area contributed by atoms with Gasteiger partial charge in [-0.1, -0.05) is 48.5 Å². The first-order chi connectivity index (χ1) is 13.2. The molecular formula is C21H16N4O2. The second kappa shape index (κ2) is 7.13. The summed E-state index contributed by atoms with van der Waals surface area (Å²) in [6, 6.07) is 23.0. The van der Waals surface area contributed by atoms with E-state index in [-0.39, 0.29) is 5.78 Å². The number of nitrogens with zero attached hydrogens (tertiary/aromatic N) is 1. The number of amides is 2. The average molecular weight is 356 g/mol. The van der Waals surface area contributed by atoms with E-state index < -0.39 is 6.03 Å². The molecule has 0 aliphatic carbocycles. The van der Waals surface area contributed by atoms with Crippen LogP contribution in [0.1, 0.15) is 15.9 Å². The molecule has 6 heteroatoms. The Labute approximate surface area is 155 Å². The number of para-hydroxylation sites is 1. The van der Waals surface area contributed by atoms with Crippen molar-refractivity contribution >= 4 is 34.5 Å². The van der Waals surface area contributed by atoms with Crippen LogP contribution < -0.4 is 10.6 Å². The molecule has 0 fully saturated rings. The maximum Gasteiger partial charge on any atom is 0.326 e. The first-order valence-corrected chi connectivity index (χ1v) is 8.41. The number of nitrogens with one attached hydrogen (secondary N) is 3. The number of carbonyl (C=O) groups is 2. The zero-order valence-electron chi connectivity index (χ0n) is 14.3. The van der Waals surface area contributed by atoms with Gasteiger partial charge in [-0.15, -0.1) is 0 Å². The molecule has 4 aromatic rings. The van der Waals surface area contributed by atoms with Crippen molar-refractivity contribution in [2.75, 3.05) is 10.6 Å². The highest BCUT2D eigenvalue weighted by Crippen LogP contribution is 2.19. The van der Waals surface area contributed by atoms with Gasteiger partial charge in [0.15, 0.2) is 5.78 Å². The summed E-state index contributed by atoms with van der Waals surface area (Å²) in [6.45, 7) is 0. The summed E-state index contributed by atoms with van der Waals surface area (Å²) in [5.41, 5.74) is 3.19. The van der Waals surface area contributed by atoms with E-state index in [2.05, 4.69) is 20.6 Å². The van der Waals surface area contributed by atoms with Crippen molar-refractivity contribution in [1.29, 1.82) is 0 Å². The molecule has 27 heavy (non-hydrogen) atoms. The highest BCUT2D eigenvalue weighted by molar-refractivity contribution is 6.10. The Morgan fingerprint density at radius 3 is 2.22 bits per heavy atom. The normalized spacial score (nSPS) is 10.5. The maximum absolute atomic E-state index is 12.6. The fraction of sp³-hybridized carbons (Fsp3) is 0. The van der Waals surface area contributed by atoms with Crippen LogP contribution >= 0.6 is 0 Å². The smallest absolute Gasteiger partial charge is 0.324 e. The van der Waals surface area contributed by atoms with Gasteiger partial charge >= 0.3 is 6.03 Å². The molecule has 1 aromatic heterocycles. The van der Waals surface area contributed by atoms with Gasteiger partial charge in [0.25, 0.3) is 0 Å². The molecular weight excluding hydrogens is 340 g/mol. The van der Waals surface area contributed by atoms with Crippen LogP contribution in [0.25, 0.3) is 11.0 Å². The molecule has 0 spiro atoms. The number of carbonyl (C=O) groups excluding carboxylic acids is 2. The molecule has 4 rings (SSSR count). The van der Waals surface area contributed by atoms with Gasteiger partial charge < -0.3 is 10.3 Å². The van der Waals surface area contributed by atoms with Gasteiger partial charge in [0.05, 0.1) is 11.0 Å². The number of ketones is 1. The van der Waals surface area contributed by atoms with Crippen LogP contribution in [0.5, 0.6) is 0 Å². The second-order valence-electron chi connectivity index (χ2n) is 5.96. The summed E-state index contributed by atoms with van der Waals surface area (Å²) in [6.07, 6.45) is 0. The molecule has 6 nitrogen and oxygen atoms in total. The summed E-state index contributed by atoms with van der Waals surface area (Å²) < 4.78 is 0. The monoisotopic (exact) mass is 356 g/mol. The molecule has 0 radical (unpaired) electrons. The van der Waals surface area contributed by atoms with Gasteiger partial charge in [0.2, 0.25) is 5.95 Å². The van der Waals surface area contributed by atoms with E-state index >= 15 is 0 Å². The molecule has 0 saturated heterocycles. The lowest BCUT2D eigenvalue weighted by Gasteiger charge is -2.04. The third-order valence-electron chi connectivity index (χ3n) is 4.04. The quantitative estimate of drug-likeness (QED) is 0.473. The van der Waals surface area contributed by atoms with Crippen molar-refractivity contribution in [3.8, 4) is 0 Å². The van der Waals surface area contributed by atoms with E-state index in [1.807, 2.05) is 36.4 Å². The Kier molecular flexibility index (Phi) is 4.37. The number of benzene rings is 3. The van der Waals surface area contributed by atoms with Gasteiger partial charge in [0.1, 0.15) is 0 Å². The molecule has 0 unspecified atom stereocenters. The minimum atomic E-state index is -0.402. The maximum atomic E-state index is 12.6. The van der Waals surface area contributed by atoms with Crippen LogP contribution in [0.15, 0.2) is 78.9 Å². The lowest BCUT2D eigenvalue weighted by Crippen LogP contribution is -2.20. The Hall–Kier alpha value is -3.93. The predicted molar refractivity (Wildman–Crippen MR) is 105 cm³/mol. The second-order valence-corrected chi connectivity index (χ2v) is 5.96. The Bertz CT molecular complexity index is 1100. The van der Waals surface area contributed by atoms with Gasteiger partial charge in [-0.2, -0.15) is 0 Å². The molecule has 0 bridgehead atoms. The topological polar surface area (TPSA) is 86.9 Å². The van der Waals surface area contributed by atoms with E-state index in [0.717, 1.165) is 0 Å². The fourth-order valence-corrected chi connectivity index (χ4v) is 2.76. The molecule has 3 N–H and O–H groups in total. The molecule has 132 valence electrons. The molecule has 0 saturated carbocycles. The summed E-state index contributed by atoms with van der Waals surface area (Å²) in [5.74, 6) is 0.242. The Morgan fingerprint density at radius 1 is 0.778 bits per heavy atom. The SMILES string of the molecule is O=C(Nc1ccccc1)Nc1nc2ccc(C(=O)c3ccccc3)cc2[nH]1. The van der Waals surface area contributed by atoms with Gasteiger partial charge in [-0.3, -0.25) is 10.1 Å². The van der Waals surface area contributed by atoms with Crippen LogP contribution in [-0.2, 0) is 0 Å². The number of aromatic amines is 1. The number of H-pyrrole nitrogens is 1. The zero-order chi connectivity index (χ0) is 18.6. The molecule has 3 aromatic carbocycles. The number of rotatable bonds is 4. The standard InChI is InChI=1S/C21H16N4O2/c26-19(14-7-3-1-4-8-14)15-11-12-17-18(13-15)24-20(23-17)25-21(27)22-16-9-5-2-6-10-16/h1-13H,(H3,22,23,24,25,27). The van der Waals surface area contributed by atoms with Crippen LogP contribution in [0.3, 0.4) is 0 Å². The molecule has 0 aliphatic heterocycles. The fourth-order valence-electron chi connectivity index (χ4n) is 2.76. The van der Waals surface area contributed by atoms with Gasteiger partial charge in [0, 0.05) is 16.8 Å². The zero-order valence-corrected chi connectivity index (χ0v) is 14.3. The number of anilines is 2. The summed E-state index contributed by atoms with van der Waals surface area (Å²) in [5, 5.41) is 5.38. The van der Waals surface area contributed by atoms with E-state index in [1.54, 1.807) is 42.5 Å². The third-order valence-corrected chi connectivity index (χ3v) is 4.04. The Balaban J connectivity index is 1.52. The van der Waals surface area contributed by atoms with Crippen molar-refractivity contribution < 1.29 is 9.59 Å². The number of imidazole rings is 1. The van der Waals surface area contributed by atoms with Crippen molar-refractivity contribution in [3.63, 3.8) is 0 Å². The van der Waals surface area contributed by atoms with Crippen LogP contribution in [-0.4, -0.2) is 21.8 Å². The van der Waals surface area contributed by atoms with E-state index in [1.165, 1.54) is 0 Å². The minimum Gasteiger partial charge on any atom is -0.324 e. The summed E-state index contributed by atoms with van der Waals surface area (Å²) in [4.78, 5) is 32.0. The van der Waals surface area contributed by atoms with Crippen molar-refractivity contribution in [3.05, 3.63) is 90.0 Å². The van der Waals surface area contributed by atoms with E-state index in [0.29, 0.717) is 33.8 Å². The van der Waals surface area contributed by atoms with Gasteiger partial charge in [-0.25, -0.2) is 9.78 Å². The number of fused-ring (bicyclic) bond motifs is 1. The summed E-state index contributed by atoms with van der Waals surface area (Å²) >= 11 is 0. The lowest BCUT2D eigenvalue weighted by atomic mass is 10.0. The first kappa shape index (κ1) is 16.5. The lowest BCUT2D eigenvalue weighted by molar-refractivity contribution is 0.103. The minimum absolute atomic E-state index is 0.0663. The van der Waals surface area contributed by atoms with Crippen LogP contribution in [0.4, 0.5) is 16.4 Å². The number of hydrogen-bond donors (Lipinski definition) is 3. The van der Waals surface area contributed by atoms with Crippen molar-refractivity contribution in [1.82, 2.24) is 9.97 Å². The number of urea groups is 1. The molecule has 0 aliphatic rings. The summed E-state index contributed by atoms with van der Waals surface area (Å²) in [7, 11) is 0. The molecule has 0 atom stereocenters. The van der Waals surface area contributed by atoms with Gasteiger partial charge in [-0.05, 0) is 30.3 Å². The van der Waals surface area contributed by atoms with Crippen molar-refractivity contribution in [2.24, 2.45) is 0 Å². The van der Waals surface area contributed by atoms with E-state index in [9.17, 15) is 9.59 Å². The Morgan fingerprint density at radius 2 is 1.48 bits per heavy atom. The third kappa shape index (κ3) is 3.69. The van der Waals surface area contributed by atoms with Crippen LogP contribution in [0.2, 0.25) is 0 Å². The largest absolute Gasteiger partial charge is 0.326 e. The number of hydrogen-bond acceptors (Lipinski definition) is 3. The van der Waals surface area contributed by atoms with Crippen LogP contribution in [0, 0.1) is 0 Å². The molecule has 1 heterocycles. The predicted octanol–water partition coefficient (Wildman–Crippen LogP) is 4.44. The van der Waals surface area contributed by atoms with Crippen molar-refractivity contribution in [2.45, 2.75) is 0 Å². The highest BCUT2D eigenvalue weighted by Gasteiger charge is 2.12. The molecule has 2 amide bonds. The average Bonchev–Trinajstić information content (AvgIpc) is 3.10. The number of aromatic nitrogens is 2. The first-order valence-electron chi connectivity index (χ1n) is 8.41. The highest BCUT2D eigenvalue weighted by atomic mass is 16.2. The van der Waals surface area contributed by atoms with E-state index in [4.69, 9.17) is 0 Å².